The second kappa shape index (κ2) is 4.59. The molecule has 0 saturated carbocycles. The first-order valence-corrected chi connectivity index (χ1v) is 5.59. The number of nitrogens with two attached hydrogens (primary N) is 2. The molecule has 0 saturated heterocycles. The zero-order chi connectivity index (χ0) is 14.2. The normalized spacial score (nSPS) is 10.8. The van der Waals surface area contributed by atoms with E-state index in [0.29, 0.717) is 24.3 Å². The number of fused-ring (bicyclic) bond motifs is 1. The molecule has 102 valence electrons. The molecule has 0 spiro atoms. The lowest BCUT2D eigenvalue weighted by atomic mass is 10.5. The third-order valence-corrected chi connectivity index (χ3v) is 2.85. The third-order valence-electron chi connectivity index (χ3n) is 2.85. The average molecular weight is 265 g/mol. The fourth-order valence-corrected chi connectivity index (χ4v) is 1.85. The number of imidazole rings is 1. The molecular weight excluding hydrogens is 250 g/mol. The van der Waals surface area contributed by atoms with Crippen molar-refractivity contribution in [2.24, 2.45) is 30.6 Å². The Hall–Kier alpha value is -2.58. The van der Waals surface area contributed by atoms with Crippen molar-refractivity contribution in [1.29, 1.82) is 0 Å². The number of aromatic nitrogens is 4. The summed E-state index contributed by atoms with van der Waals surface area (Å²) >= 11 is 0. The van der Waals surface area contributed by atoms with Gasteiger partial charge in [0.1, 0.15) is 0 Å². The number of aliphatic imine (C=N–C) groups is 1. The van der Waals surface area contributed by atoms with Crippen molar-refractivity contribution >= 4 is 17.1 Å². The Labute approximate surface area is 107 Å². The molecule has 2 heterocycles. The summed E-state index contributed by atoms with van der Waals surface area (Å²) in [7, 11) is 2.99. The van der Waals surface area contributed by atoms with Gasteiger partial charge in [-0.15, -0.1) is 0 Å². The molecule has 19 heavy (non-hydrogen) atoms. The SMILES string of the molecule is Cn1c(=O)c2c(ncn2CCN=C(N)N)n(C)c1=O. The van der Waals surface area contributed by atoms with E-state index in [1.807, 2.05) is 0 Å². The van der Waals surface area contributed by atoms with Crippen molar-refractivity contribution in [3.63, 3.8) is 0 Å². The van der Waals surface area contributed by atoms with Crippen LogP contribution >= 0.6 is 0 Å². The van der Waals surface area contributed by atoms with E-state index in [2.05, 4.69) is 9.98 Å². The fourth-order valence-electron chi connectivity index (χ4n) is 1.85. The molecule has 0 atom stereocenters. The molecule has 0 aliphatic rings. The molecule has 4 N–H and O–H groups in total. The van der Waals surface area contributed by atoms with Gasteiger partial charge in [-0.25, -0.2) is 9.78 Å². The van der Waals surface area contributed by atoms with Crippen LogP contribution in [-0.2, 0) is 20.6 Å². The monoisotopic (exact) mass is 265 g/mol. The van der Waals surface area contributed by atoms with Crippen LogP contribution in [-0.4, -0.2) is 31.2 Å². The molecule has 2 aromatic rings. The minimum Gasteiger partial charge on any atom is -0.370 e. The molecular formula is C10H15N7O2. The average Bonchev–Trinajstić information content (AvgIpc) is 2.77. The molecule has 0 aromatic carbocycles. The first-order chi connectivity index (χ1) is 8.93. The molecule has 0 unspecified atom stereocenters. The summed E-state index contributed by atoms with van der Waals surface area (Å²) in [6.45, 7) is 0.738. The van der Waals surface area contributed by atoms with Gasteiger partial charge in [0.25, 0.3) is 5.56 Å². The van der Waals surface area contributed by atoms with E-state index in [4.69, 9.17) is 11.5 Å². The predicted octanol–water partition coefficient (Wildman–Crippen LogP) is -2.29. The molecule has 0 bridgehead atoms. The van der Waals surface area contributed by atoms with Gasteiger partial charge in [0.05, 0.1) is 12.9 Å². The van der Waals surface area contributed by atoms with Crippen LogP contribution in [0.1, 0.15) is 0 Å². The van der Waals surface area contributed by atoms with E-state index in [-0.39, 0.29) is 11.5 Å². The van der Waals surface area contributed by atoms with Crippen molar-refractivity contribution in [3.8, 4) is 0 Å². The molecule has 2 rings (SSSR count). The topological polar surface area (TPSA) is 126 Å². The van der Waals surface area contributed by atoms with E-state index >= 15 is 0 Å². The second-order valence-corrected chi connectivity index (χ2v) is 4.12. The summed E-state index contributed by atoms with van der Waals surface area (Å²) in [5.74, 6) is -0.00952. The first kappa shape index (κ1) is 12.9. The van der Waals surface area contributed by atoms with E-state index in [0.717, 1.165) is 4.57 Å². The van der Waals surface area contributed by atoms with Crippen LogP contribution in [0.3, 0.4) is 0 Å². The standard InChI is InChI=1S/C10H15N7O2/c1-15-7-6(8(18)16(2)10(15)19)17(5-14-7)4-3-13-9(11)12/h5H,3-4H2,1-2H3,(H4,11,12,13). The lowest BCUT2D eigenvalue weighted by molar-refractivity contribution is 0.690. The second-order valence-electron chi connectivity index (χ2n) is 4.12. The maximum absolute atomic E-state index is 12.1. The molecule has 0 fully saturated rings. The lowest BCUT2D eigenvalue weighted by Crippen LogP contribution is -2.37. The van der Waals surface area contributed by atoms with Gasteiger partial charge in [-0.1, -0.05) is 0 Å². The van der Waals surface area contributed by atoms with Gasteiger partial charge < -0.3 is 16.0 Å². The largest absolute Gasteiger partial charge is 0.370 e. The summed E-state index contributed by atoms with van der Waals surface area (Å²) < 4.78 is 4.00. The maximum atomic E-state index is 12.1. The lowest BCUT2D eigenvalue weighted by Gasteiger charge is -2.05. The number of rotatable bonds is 3. The highest BCUT2D eigenvalue weighted by molar-refractivity contribution is 5.75. The Balaban J connectivity index is 2.57. The van der Waals surface area contributed by atoms with Crippen LogP contribution in [0.4, 0.5) is 0 Å². The van der Waals surface area contributed by atoms with Gasteiger partial charge in [-0.05, 0) is 0 Å². The van der Waals surface area contributed by atoms with Crippen LogP contribution in [0.2, 0.25) is 0 Å². The smallest absolute Gasteiger partial charge is 0.332 e. The minimum atomic E-state index is -0.410. The number of hydrogen-bond donors (Lipinski definition) is 2. The van der Waals surface area contributed by atoms with Crippen molar-refractivity contribution < 1.29 is 0 Å². The number of nitrogens with zero attached hydrogens (tertiary/aromatic N) is 5. The van der Waals surface area contributed by atoms with Crippen molar-refractivity contribution in [2.45, 2.75) is 6.54 Å². The predicted molar refractivity (Wildman–Crippen MR) is 70.9 cm³/mol. The third kappa shape index (κ3) is 2.09. The van der Waals surface area contributed by atoms with Crippen molar-refractivity contribution in [3.05, 3.63) is 27.2 Å². The van der Waals surface area contributed by atoms with Crippen LogP contribution in [0.15, 0.2) is 20.9 Å². The van der Waals surface area contributed by atoms with Crippen LogP contribution in [0, 0.1) is 0 Å². The van der Waals surface area contributed by atoms with E-state index in [1.54, 1.807) is 11.6 Å². The fraction of sp³-hybridized carbons (Fsp3) is 0.400. The van der Waals surface area contributed by atoms with Crippen LogP contribution in [0.5, 0.6) is 0 Å². The summed E-state index contributed by atoms with van der Waals surface area (Å²) in [5.41, 5.74) is 10.4. The zero-order valence-corrected chi connectivity index (χ0v) is 10.7. The van der Waals surface area contributed by atoms with Gasteiger partial charge >= 0.3 is 5.69 Å². The van der Waals surface area contributed by atoms with Gasteiger partial charge in [-0.2, -0.15) is 0 Å². The highest BCUT2D eigenvalue weighted by Crippen LogP contribution is 2.04. The van der Waals surface area contributed by atoms with Gasteiger partial charge in [0, 0.05) is 20.6 Å². The molecule has 0 radical (unpaired) electrons. The Morgan fingerprint density at radius 3 is 2.63 bits per heavy atom. The Morgan fingerprint density at radius 1 is 1.32 bits per heavy atom. The molecule has 9 nitrogen and oxygen atoms in total. The summed E-state index contributed by atoms with van der Waals surface area (Å²) in [4.78, 5) is 31.7. The molecule has 0 aliphatic heterocycles. The maximum Gasteiger partial charge on any atom is 0.332 e. The number of aryl methyl sites for hydroxylation is 1. The molecule has 0 amide bonds. The summed E-state index contributed by atoms with van der Waals surface area (Å²) in [5, 5.41) is 0. The highest BCUT2D eigenvalue weighted by atomic mass is 16.2. The molecule has 9 heteroatoms. The van der Waals surface area contributed by atoms with Gasteiger partial charge in [-0.3, -0.25) is 18.9 Å². The first-order valence-electron chi connectivity index (χ1n) is 5.59. The Bertz CT molecular complexity index is 761. The van der Waals surface area contributed by atoms with Gasteiger partial charge in [0.2, 0.25) is 0 Å². The number of hydrogen-bond acceptors (Lipinski definition) is 4. The summed E-state index contributed by atoms with van der Waals surface area (Å²) in [6, 6.07) is 0. The van der Waals surface area contributed by atoms with Gasteiger partial charge in [0.15, 0.2) is 17.1 Å². The van der Waals surface area contributed by atoms with Crippen LogP contribution < -0.4 is 22.7 Å². The van der Waals surface area contributed by atoms with E-state index < -0.39 is 5.69 Å². The molecule has 0 aliphatic carbocycles. The summed E-state index contributed by atoms with van der Waals surface area (Å²) in [6.07, 6.45) is 1.49. The van der Waals surface area contributed by atoms with E-state index in [9.17, 15) is 9.59 Å². The highest BCUT2D eigenvalue weighted by Gasteiger charge is 2.13. The minimum absolute atomic E-state index is 0.00952. The van der Waals surface area contributed by atoms with E-state index in [1.165, 1.54) is 17.9 Å². The number of guanidine groups is 1. The zero-order valence-electron chi connectivity index (χ0n) is 10.7. The van der Waals surface area contributed by atoms with Crippen molar-refractivity contribution in [2.75, 3.05) is 6.54 Å². The molecule has 2 aromatic heterocycles. The quantitative estimate of drug-likeness (QED) is 0.477. The van der Waals surface area contributed by atoms with Crippen LogP contribution in [0.25, 0.3) is 11.2 Å². The Morgan fingerprint density at radius 2 is 2.00 bits per heavy atom. The Kier molecular flexibility index (Phi) is 3.11. The van der Waals surface area contributed by atoms with Crippen molar-refractivity contribution in [1.82, 2.24) is 18.7 Å².